The number of hydrogen-bond acceptors (Lipinski definition) is 5. The molecule has 0 spiro atoms. The maximum Gasteiger partial charge on any atom is 0.269 e. The van der Waals surface area contributed by atoms with E-state index in [0.29, 0.717) is 32.7 Å². The van der Waals surface area contributed by atoms with Crippen molar-refractivity contribution in [2.45, 2.75) is 13.1 Å². The third-order valence-corrected chi connectivity index (χ3v) is 4.97. The van der Waals surface area contributed by atoms with Crippen molar-refractivity contribution < 1.29 is 9.72 Å². The minimum absolute atomic E-state index is 0.0170. The molecule has 1 aromatic carbocycles. The molecule has 0 atom stereocenters. The van der Waals surface area contributed by atoms with Crippen molar-refractivity contribution in [1.29, 1.82) is 0 Å². The molecule has 2 heterocycles. The summed E-state index contributed by atoms with van der Waals surface area (Å²) in [5, 5.41) is 10.9. The molecule has 0 radical (unpaired) electrons. The van der Waals surface area contributed by atoms with Crippen LogP contribution in [-0.4, -0.2) is 51.4 Å². The molecule has 9 heteroatoms. The van der Waals surface area contributed by atoms with Gasteiger partial charge in [-0.15, -0.1) is 0 Å². The second-order valence-electron chi connectivity index (χ2n) is 6.40. The number of hydrogen-bond donors (Lipinski definition) is 0. The van der Waals surface area contributed by atoms with Gasteiger partial charge >= 0.3 is 0 Å². The van der Waals surface area contributed by atoms with Gasteiger partial charge in [0.25, 0.3) is 11.2 Å². The molecule has 27 heavy (non-hydrogen) atoms. The number of rotatable bonds is 5. The molecular weight excluding hydrogens is 416 g/mol. The summed E-state index contributed by atoms with van der Waals surface area (Å²) in [5.74, 6) is -0.0924. The van der Waals surface area contributed by atoms with Crippen LogP contribution in [0.3, 0.4) is 0 Å². The average molecular weight is 435 g/mol. The molecule has 2 aromatic rings. The third kappa shape index (κ3) is 5.01. The summed E-state index contributed by atoms with van der Waals surface area (Å²) in [4.78, 5) is 38.7. The zero-order valence-corrected chi connectivity index (χ0v) is 16.2. The Hall–Kier alpha value is -2.52. The van der Waals surface area contributed by atoms with E-state index in [4.69, 9.17) is 0 Å². The summed E-state index contributed by atoms with van der Waals surface area (Å²) in [6.45, 7) is 3.12. The van der Waals surface area contributed by atoms with Gasteiger partial charge in [-0.05, 0) is 27.6 Å². The smallest absolute Gasteiger partial charge is 0.269 e. The molecule has 1 aromatic heterocycles. The van der Waals surface area contributed by atoms with Gasteiger partial charge in [0.05, 0.1) is 4.92 Å². The van der Waals surface area contributed by atoms with Crippen LogP contribution in [0.15, 0.2) is 51.9 Å². The van der Waals surface area contributed by atoms with Gasteiger partial charge in [-0.25, -0.2) is 0 Å². The number of pyridine rings is 1. The fourth-order valence-corrected chi connectivity index (χ4v) is 3.43. The second kappa shape index (κ2) is 8.45. The fraction of sp³-hybridized carbons (Fsp3) is 0.333. The molecule has 0 N–H and O–H groups in total. The third-order valence-electron chi connectivity index (χ3n) is 4.51. The summed E-state index contributed by atoms with van der Waals surface area (Å²) < 4.78 is 2.14. The van der Waals surface area contributed by atoms with E-state index in [-0.39, 0.29) is 23.7 Å². The van der Waals surface area contributed by atoms with Crippen LogP contribution in [-0.2, 0) is 17.9 Å². The number of benzene rings is 1. The number of nitro benzene ring substituents is 1. The maximum absolute atomic E-state index is 12.5. The van der Waals surface area contributed by atoms with E-state index in [1.54, 1.807) is 29.3 Å². The second-order valence-corrected chi connectivity index (χ2v) is 7.31. The molecule has 142 valence electrons. The van der Waals surface area contributed by atoms with Gasteiger partial charge in [-0.1, -0.05) is 12.1 Å². The Kier molecular flexibility index (Phi) is 6.02. The SMILES string of the molecule is O=C(Cn1cc(Br)ccc1=O)N1CCN(Cc2cccc([N+](=O)[O-])c2)CC1. The molecule has 0 unspecified atom stereocenters. The van der Waals surface area contributed by atoms with E-state index in [9.17, 15) is 19.7 Å². The molecule has 1 aliphatic rings. The minimum Gasteiger partial charge on any atom is -0.339 e. The Morgan fingerprint density at radius 2 is 1.89 bits per heavy atom. The fourth-order valence-electron chi connectivity index (χ4n) is 3.05. The van der Waals surface area contributed by atoms with Crippen molar-refractivity contribution in [1.82, 2.24) is 14.4 Å². The van der Waals surface area contributed by atoms with Gasteiger partial charge < -0.3 is 9.47 Å². The van der Waals surface area contributed by atoms with Gasteiger partial charge in [0.1, 0.15) is 6.54 Å². The van der Waals surface area contributed by atoms with Crippen LogP contribution < -0.4 is 5.56 Å². The number of amides is 1. The molecule has 8 nitrogen and oxygen atoms in total. The normalized spacial score (nSPS) is 14.9. The van der Waals surface area contributed by atoms with Gasteiger partial charge in [-0.2, -0.15) is 0 Å². The highest BCUT2D eigenvalue weighted by molar-refractivity contribution is 9.10. The number of nitrogens with zero attached hydrogens (tertiary/aromatic N) is 4. The van der Waals surface area contributed by atoms with Crippen LogP contribution >= 0.6 is 15.9 Å². The highest BCUT2D eigenvalue weighted by atomic mass is 79.9. The van der Waals surface area contributed by atoms with E-state index < -0.39 is 4.92 Å². The highest BCUT2D eigenvalue weighted by Crippen LogP contribution is 2.16. The molecule has 0 aliphatic carbocycles. The number of non-ortho nitro benzene ring substituents is 1. The van der Waals surface area contributed by atoms with Crippen LogP contribution in [0, 0.1) is 10.1 Å². The quantitative estimate of drug-likeness (QED) is 0.529. The topological polar surface area (TPSA) is 88.7 Å². The van der Waals surface area contributed by atoms with E-state index in [1.807, 2.05) is 6.07 Å². The number of aromatic nitrogens is 1. The first-order valence-corrected chi connectivity index (χ1v) is 9.31. The van der Waals surface area contributed by atoms with Crippen LogP contribution in [0.5, 0.6) is 0 Å². The predicted octanol–water partition coefficient (Wildman–Crippen LogP) is 1.86. The summed E-state index contributed by atoms with van der Waals surface area (Å²) in [5.41, 5.74) is 0.751. The largest absolute Gasteiger partial charge is 0.339 e. The standard InChI is InChI=1S/C18H19BrN4O4/c19-15-4-5-17(24)22(12-15)13-18(25)21-8-6-20(7-9-21)11-14-2-1-3-16(10-14)23(26)27/h1-5,10,12H,6-9,11,13H2. The molecule has 0 bridgehead atoms. The lowest BCUT2D eigenvalue weighted by molar-refractivity contribution is -0.384. The van der Waals surface area contributed by atoms with Crippen LogP contribution in [0.4, 0.5) is 5.69 Å². The molecule has 0 saturated carbocycles. The Balaban J connectivity index is 1.54. The van der Waals surface area contributed by atoms with Crippen LogP contribution in [0.25, 0.3) is 0 Å². The Morgan fingerprint density at radius 3 is 2.59 bits per heavy atom. The first-order valence-electron chi connectivity index (χ1n) is 8.52. The summed E-state index contributed by atoms with van der Waals surface area (Å²) >= 11 is 3.30. The first-order chi connectivity index (χ1) is 12.9. The van der Waals surface area contributed by atoms with Crippen molar-refractivity contribution in [3.63, 3.8) is 0 Å². The maximum atomic E-state index is 12.5. The lowest BCUT2D eigenvalue weighted by Gasteiger charge is -2.34. The van der Waals surface area contributed by atoms with E-state index >= 15 is 0 Å². The first kappa shape index (κ1) is 19.2. The minimum atomic E-state index is -0.399. The summed E-state index contributed by atoms with van der Waals surface area (Å²) in [7, 11) is 0. The van der Waals surface area contributed by atoms with E-state index in [1.165, 1.54) is 16.7 Å². The molecule has 3 rings (SSSR count). The lowest BCUT2D eigenvalue weighted by Crippen LogP contribution is -2.49. The Bertz CT molecular complexity index is 906. The van der Waals surface area contributed by atoms with Gasteiger partial charge in [0, 0.05) is 61.6 Å². The van der Waals surface area contributed by atoms with Crippen molar-refractivity contribution in [2.75, 3.05) is 26.2 Å². The number of carbonyl (C=O) groups excluding carboxylic acids is 1. The van der Waals surface area contributed by atoms with Gasteiger partial charge in [-0.3, -0.25) is 24.6 Å². The van der Waals surface area contributed by atoms with E-state index in [0.717, 1.165) is 10.0 Å². The Morgan fingerprint density at radius 1 is 1.15 bits per heavy atom. The summed E-state index contributed by atoms with van der Waals surface area (Å²) in [6.07, 6.45) is 1.61. The van der Waals surface area contributed by atoms with Gasteiger partial charge in [0.15, 0.2) is 0 Å². The van der Waals surface area contributed by atoms with Gasteiger partial charge in [0.2, 0.25) is 5.91 Å². The van der Waals surface area contributed by atoms with Crippen molar-refractivity contribution in [2.24, 2.45) is 0 Å². The predicted molar refractivity (Wildman–Crippen MR) is 103 cm³/mol. The summed E-state index contributed by atoms with van der Waals surface area (Å²) in [6, 6.07) is 9.68. The van der Waals surface area contributed by atoms with Crippen molar-refractivity contribution in [3.05, 3.63) is 73.1 Å². The lowest BCUT2D eigenvalue weighted by atomic mass is 10.1. The van der Waals surface area contributed by atoms with Crippen molar-refractivity contribution in [3.8, 4) is 0 Å². The van der Waals surface area contributed by atoms with Crippen LogP contribution in [0.1, 0.15) is 5.56 Å². The zero-order chi connectivity index (χ0) is 19.4. The monoisotopic (exact) mass is 434 g/mol. The Labute approximate surface area is 164 Å². The molecule has 1 amide bonds. The average Bonchev–Trinajstić information content (AvgIpc) is 2.65. The molecular formula is C18H19BrN4O4. The molecule has 1 aliphatic heterocycles. The molecule has 1 saturated heterocycles. The number of nitro groups is 1. The molecule has 1 fully saturated rings. The number of halogens is 1. The van der Waals surface area contributed by atoms with Crippen molar-refractivity contribution >= 4 is 27.5 Å². The van der Waals surface area contributed by atoms with E-state index in [2.05, 4.69) is 20.8 Å². The number of piperazine rings is 1. The number of carbonyl (C=O) groups is 1. The van der Waals surface area contributed by atoms with Crippen LogP contribution in [0.2, 0.25) is 0 Å². The highest BCUT2D eigenvalue weighted by Gasteiger charge is 2.22. The zero-order valence-electron chi connectivity index (χ0n) is 14.6.